The summed E-state index contributed by atoms with van der Waals surface area (Å²) in [6.45, 7) is 9.94. The van der Waals surface area contributed by atoms with Gasteiger partial charge < -0.3 is 10.6 Å². The summed E-state index contributed by atoms with van der Waals surface area (Å²) in [7, 11) is 2.00. The zero-order chi connectivity index (χ0) is 19.9. The number of halogens is 1. The molecule has 2 rings (SSSR count). The van der Waals surface area contributed by atoms with E-state index in [1.165, 1.54) is 28.1 Å². The highest BCUT2D eigenvalue weighted by molar-refractivity contribution is 9.10. The van der Waals surface area contributed by atoms with Crippen molar-refractivity contribution in [2.75, 3.05) is 24.2 Å². The smallest absolute Gasteiger partial charge is 0.0376 e. The van der Waals surface area contributed by atoms with Crippen LogP contribution in [-0.2, 0) is 11.8 Å². The van der Waals surface area contributed by atoms with Crippen molar-refractivity contribution in [2.45, 2.75) is 52.4 Å². The number of anilines is 2. The third-order valence-corrected chi connectivity index (χ3v) is 5.95. The lowest BCUT2D eigenvalue weighted by Crippen LogP contribution is -2.21. The molecule has 0 heterocycles. The summed E-state index contributed by atoms with van der Waals surface area (Å²) in [6, 6.07) is 13.2. The van der Waals surface area contributed by atoms with Gasteiger partial charge in [0.15, 0.2) is 0 Å². The minimum atomic E-state index is 0.0920. The molecule has 0 saturated carbocycles. The highest BCUT2D eigenvalue weighted by Gasteiger charge is 2.26. The third-order valence-electron chi connectivity index (χ3n) is 5.45. The van der Waals surface area contributed by atoms with Crippen molar-refractivity contribution in [3.05, 3.63) is 63.6 Å². The molecule has 2 N–H and O–H groups in total. The van der Waals surface area contributed by atoms with Crippen LogP contribution in [0, 0.1) is 0 Å². The average Bonchev–Trinajstić information content (AvgIpc) is 2.68. The fourth-order valence-corrected chi connectivity index (χ4v) is 3.87. The largest absolute Gasteiger partial charge is 0.388 e. The minimum absolute atomic E-state index is 0.0920. The first-order chi connectivity index (χ1) is 13.0. The van der Waals surface area contributed by atoms with Gasteiger partial charge in [-0.3, -0.25) is 0 Å². The molecule has 0 saturated heterocycles. The van der Waals surface area contributed by atoms with E-state index < -0.39 is 0 Å². The van der Waals surface area contributed by atoms with E-state index in [9.17, 15) is 0 Å². The molecule has 0 aromatic heterocycles. The topological polar surface area (TPSA) is 24.1 Å². The number of hydrogen-bond donors (Lipinski definition) is 2. The molecule has 2 aromatic carbocycles. The van der Waals surface area contributed by atoms with Crippen molar-refractivity contribution in [3.8, 4) is 0 Å². The summed E-state index contributed by atoms with van der Waals surface area (Å²) in [5, 5.41) is 6.76. The second kappa shape index (κ2) is 9.98. The maximum Gasteiger partial charge on any atom is 0.0376 e. The zero-order valence-corrected chi connectivity index (χ0v) is 18.9. The van der Waals surface area contributed by atoms with Crippen molar-refractivity contribution < 1.29 is 0 Å². The molecule has 2 aromatic rings. The average molecular weight is 429 g/mol. The van der Waals surface area contributed by atoms with E-state index in [1.807, 2.05) is 7.05 Å². The zero-order valence-electron chi connectivity index (χ0n) is 17.3. The number of benzene rings is 2. The van der Waals surface area contributed by atoms with E-state index in [0.29, 0.717) is 0 Å². The first-order valence-electron chi connectivity index (χ1n) is 9.98. The van der Waals surface area contributed by atoms with Crippen LogP contribution in [0.4, 0.5) is 11.4 Å². The fourth-order valence-electron chi connectivity index (χ4n) is 3.51. The normalized spacial score (nSPS) is 13.6. The maximum absolute atomic E-state index is 3.64. The van der Waals surface area contributed by atoms with Crippen LogP contribution in [0.25, 0.3) is 6.08 Å². The van der Waals surface area contributed by atoms with Gasteiger partial charge in [-0.2, -0.15) is 0 Å². The lowest BCUT2D eigenvalue weighted by molar-refractivity contribution is 0.463. The summed E-state index contributed by atoms with van der Waals surface area (Å²) in [5.41, 5.74) is 6.58. The molecule has 146 valence electrons. The number of aryl methyl sites for hydroxylation is 1. The second-order valence-corrected chi connectivity index (χ2v) is 8.17. The molecule has 0 radical (unpaired) electrons. The van der Waals surface area contributed by atoms with Crippen LogP contribution in [0.2, 0.25) is 0 Å². The molecular formula is C24H33BrN2. The lowest BCUT2D eigenvalue weighted by Gasteiger charge is -2.30. The van der Waals surface area contributed by atoms with Gasteiger partial charge in [-0.15, -0.1) is 0 Å². The van der Waals surface area contributed by atoms with Gasteiger partial charge in [0.2, 0.25) is 0 Å². The summed E-state index contributed by atoms with van der Waals surface area (Å²) in [6.07, 6.45) is 7.76. The molecule has 0 aliphatic carbocycles. The SMILES string of the molecule is CCNc1ccc(/C=C/CC(C)(CC)c2cc(Br)ccc2NC)c(CC)c1. The van der Waals surface area contributed by atoms with Gasteiger partial charge in [0, 0.05) is 29.4 Å². The summed E-state index contributed by atoms with van der Waals surface area (Å²) in [4.78, 5) is 0. The first kappa shape index (κ1) is 21.6. The molecule has 0 fully saturated rings. The van der Waals surface area contributed by atoms with Gasteiger partial charge in [0.25, 0.3) is 0 Å². The number of allylic oxidation sites excluding steroid dienone is 1. The molecule has 27 heavy (non-hydrogen) atoms. The molecule has 1 unspecified atom stereocenters. The van der Waals surface area contributed by atoms with Gasteiger partial charge in [-0.05, 0) is 78.6 Å². The van der Waals surface area contributed by atoms with E-state index >= 15 is 0 Å². The van der Waals surface area contributed by atoms with Gasteiger partial charge >= 0.3 is 0 Å². The molecule has 0 bridgehead atoms. The monoisotopic (exact) mass is 428 g/mol. The molecule has 1 atom stereocenters. The number of nitrogens with one attached hydrogen (secondary N) is 2. The van der Waals surface area contributed by atoms with E-state index in [-0.39, 0.29) is 5.41 Å². The molecule has 0 aliphatic rings. The van der Waals surface area contributed by atoms with E-state index in [4.69, 9.17) is 0 Å². The fraction of sp³-hybridized carbons (Fsp3) is 0.417. The quantitative estimate of drug-likeness (QED) is 0.438. The predicted octanol–water partition coefficient (Wildman–Crippen LogP) is 7.26. The third kappa shape index (κ3) is 5.38. The highest BCUT2D eigenvalue weighted by Crippen LogP contribution is 2.38. The van der Waals surface area contributed by atoms with Crippen molar-refractivity contribution in [2.24, 2.45) is 0 Å². The van der Waals surface area contributed by atoms with Crippen molar-refractivity contribution in [1.82, 2.24) is 0 Å². The Morgan fingerprint density at radius 3 is 2.48 bits per heavy atom. The molecule has 2 nitrogen and oxygen atoms in total. The summed E-state index contributed by atoms with van der Waals surface area (Å²) < 4.78 is 1.13. The van der Waals surface area contributed by atoms with Crippen LogP contribution in [-0.4, -0.2) is 13.6 Å². The van der Waals surface area contributed by atoms with E-state index in [1.54, 1.807) is 0 Å². The van der Waals surface area contributed by atoms with Crippen molar-refractivity contribution >= 4 is 33.4 Å². The van der Waals surface area contributed by atoms with Gasteiger partial charge in [0.1, 0.15) is 0 Å². The van der Waals surface area contributed by atoms with Crippen LogP contribution >= 0.6 is 15.9 Å². The van der Waals surface area contributed by atoms with Crippen LogP contribution < -0.4 is 10.6 Å². The predicted molar refractivity (Wildman–Crippen MR) is 125 cm³/mol. The number of hydrogen-bond acceptors (Lipinski definition) is 2. The van der Waals surface area contributed by atoms with E-state index in [0.717, 1.165) is 30.3 Å². The minimum Gasteiger partial charge on any atom is -0.388 e. The molecule has 0 spiro atoms. The van der Waals surface area contributed by atoms with Gasteiger partial charge in [-0.25, -0.2) is 0 Å². The van der Waals surface area contributed by atoms with Gasteiger partial charge in [0.05, 0.1) is 0 Å². The Morgan fingerprint density at radius 2 is 1.85 bits per heavy atom. The molecule has 3 heteroatoms. The standard InChI is InChI=1S/C24H33BrN2/c1-6-18-16-21(27-8-3)13-11-19(18)10-9-15-24(4,7-2)22-17-20(25)12-14-23(22)26-5/h9-14,16-17,26-27H,6-8,15H2,1-5H3/b10-9+. The molecule has 0 aliphatic heterocycles. The Bertz CT molecular complexity index is 782. The number of rotatable bonds is 9. The second-order valence-electron chi connectivity index (χ2n) is 7.26. The first-order valence-corrected chi connectivity index (χ1v) is 10.8. The van der Waals surface area contributed by atoms with E-state index in [2.05, 4.69) is 103 Å². The Kier molecular flexibility index (Phi) is 7.97. The van der Waals surface area contributed by atoms with Crippen molar-refractivity contribution in [1.29, 1.82) is 0 Å². The Labute approximate surface area is 173 Å². The van der Waals surface area contributed by atoms with Crippen LogP contribution in [0.3, 0.4) is 0 Å². The Hall–Kier alpha value is -1.74. The lowest BCUT2D eigenvalue weighted by atomic mass is 9.76. The molecule has 0 amide bonds. The highest BCUT2D eigenvalue weighted by atomic mass is 79.9. The summed E-state index contributed by atoms with van der Waals surface area (Å²) >= 11 is 3.64. The Balaban J connectivity index is 2.26. The van der Waals surface area contributed by atoms with Crippen LogP contribution in [0.5, 0.6) is 0 Å². The Morgan fingerprint density at radius 1 is 1.07 bits per heavy atom. The maximum atomic E-state index is 3.64. The van der Waals surface area contributed by atoms with Crippen LogP contribution in [0.1, 0.15) is 57.2 Å². The van der Waals surface area contributed by atoms with Crippen LogP contribution in [0.15, 0.2) is 46.9 Å². The summed E-state index contributed by atoms with van der Waals surface area (Å²) in [5.74, 6) is 0. The van der Waals surface area contributed by atoms with Gasteiger partial charge in [-0.1, -0.05) is 54.9 Å². The van der Waals surface area contributed by atoms with Crippen molar-refractivity contribution in [3.63, 3.8) is 0 Å². The molecular weight excluding hydrogens is 396 g/mol.